The fraction of sp³-hybridized carbons (Fsp3) is 0.267. The van der Waals surface area contributed by atoms with Crippen LogP contribution in [0.5, 0.6) is 0 Å². The predicted octanol–water partition coefficient (Wildman–Crippen LogP) is 2.52. The Morgan fingerprint density at radius 3 is 2.72 bits per heavy atom. The summed E-state index contributed by atoms with van der Waals surface area (Å²) in [7, 11) is 2.01. The normalized spacial score (nSPS) is 10.4. The van der Waals surface area contributed by atoms with Crippen LogP contribution in [-0.2, 0) is 13.2 Å². The molecule has 0 aliphatic rings. The summed E-state index contributed by atoms with van der Waals surface area (Å²) in [6.07, 6.45) is 1.73. The molecule has 1 N–H and O–H groups in total. The maximum Gasteiger partial charge on any atom is 0.128 e. The van der Waals surface area contributed by atoms with Crippen molar-refractivity contribution in [3.05, 3.63) is 59.3 Å². The Balaban J connectivity index is 2.16. The minimum atomic E-state index is 0.0493. The molecule has 94 valence electrons. The number of nitrogens with zero attached hydrogens (tertiary/aromatic N) is 2. The zero-order valence-corrected chi connectivity index (χ0v) is 10.8. The van der Waals surface area contributed by atoms with Gasteiger partial charge in [-0.1, -0.05) is 24.3 Å². The van der Waals surface area contributed by atoms with Crippen LogP contribution in [0.2, 0.25) is 0 Å². The number of aliphatic hydroxyl groups excluding tert-OH is 1. The summed E-state index contributed by atoms with van der Waals surface area (Å²) in [4.78, 5) is 6.41. The Bertz CT molecular complexity index is 525. The molecule has 0 atom stereocenters. The molecule has 1 aromatic heterocycles. The van der Waals surface area contributed by atoms with Crippen molar-refractivity contribution in [2.24, 2.45) is 0 Å². The maximum atomic E-state index is 9.13. The Kier molecular flexibility index (Phi) is 3.95. The van der Waals surface area contributed by atoms with E-state index in [1.807, 2.05) is 31.3 Å². The Hall–Kier alpha value is -1.87. The third-order valence-electron chi connectivity index (χ3n) is 3.05. The van der Waals surface area contributed by atoms with Gasteiger partial charge in [0.2, 0.25) is 0 Å². The summed E-state index contributed by atoms with van der Waals surface area (Å²) in [5.41, 5.74) is 3.45. The van der Waals surface area contributed by atoms with Crippen molar-refractivity contribution in [3.8, 4) is 0 Å². The van der Waals surface area contributed by atoms with Crippen molar-refractivity contribution in [1.82, 2.24) is 4.98 Å². The molecule has 0 fully saturated rings. The number of aromatic nitrogens is 1. The van der Waals surface area contributed by atoms with Crippen LogP contribution in [0.15, 0.2) is 42.6 Å². The molecule has 3 nitrogen and oxygen atoms in total. The van der Waals surface area contributed by atoms with Gasteiger partial charge >= 0.3 is 0 Å². The third kappa shape index (κ3) is 2.87. The fourth-order valence-electron chi connectivity index (χ4n) is 1.89. The number of benzene rings is 1. The SMILES string of the molecule is Cc1ccccc1CN(C)c1cc(CO)ccn1. The summed E-state index contributed by atoms with van der Waals surface area (Å²) >= 11 is 0. The average Bonchev–Trinajstić information content (AvgIpc) is 2.41. The van der Waals surface area contributed by atoms with Crippen LogP contribution in [0.25, 0.3) is 0 Å². The number of anilines is 1. The minimum Gasteiger partial charge on any atom is -0.392 e. The third-order valence-corrected chi connectivity index (χ3v) is 3.05. The van der Waals surface area contributed by atoms with Gasteiger partial charge in [0, 0.05) is 19.8 Å². The zero-order chi connectivity index (χ0) is 13.0. The van der Waals surface area contributed by atoms with E-state index < -0.39 is 0 Å². The zero-order valence-electron chi connectivity index (χ0n) is 10.8. The Labute approximate surface area is 108 Å². The summed E-state index contributed by atoms with van der Waals surface area (Å²) < 4.78 is 0. The van der Waals surface area contributed by atoms with E-state index in [0.717, 1.165) is 17.9 Å². The molecule has 0 bridgehead atoms. The number of aliphatic hydroxyl groups is 1. The summed E-state index contributed by atoms with van der Waals surface area (Å²) in [6, 6.07) is 12.1. The van der Waals surface area contributed by atoms with E-state index in [4.69, 9.17) is 5.11 Å². The predicted molar refractivity (Wildman–Crippen MR) is 73.4 cm³/mol. The molecule has 0 spiro atoms. The van der Waals surface area contributed by atoms with Gasteiger partial charge in [0.1, 0.15) is 5.82 Å². The Morgan fingerprint density at radius 1 is 1.22 bits per heavy atom. The highest BCUT2D eigenvalue weighted by Crippen LogP contribution is 2.16. The lowest BCUT2D eigenvalue weighted by molar-refractivity contribution is 0.281. The second-order valence-corrected chi connectivity index (χ2v) is 4.46. The van der Waals surface area contributed by atoms with Gasteiger partial charge in [-0.25, -0.2) is 4.98 Å². The lowest BCUT2D eigenvalue weighted by Crippen LogP contribution is -2.18. The van der Waals surface area contributed by atoms with Crippen LogP contribution < -0.4 is 4.90 Å². The summed E-state index contributed by atoms with van der Waals surface area (Å²) in [5.74, 6) is 0.879. The summed E-state index contributed by atoms with van der Waals surface area (Å²) in [5, 5.41) is 9.13. The highest BCUT2D eigenvalue weighted by molar-refractivity contribution is 5.41. The van der Waals surface area contributed by atoms with E-state index in [2.05, 4.69) is 28.9 Å². The van der Waals surface area contributed by atoms with Crippen molar-refractivity contribution >= 4 is 5.82 Å². The van der Waals surface area contributed by atoms with E-state index in [9.17, 15) is 0 Å². The maximum absolute atomic E-state index is 9.13. The van der Waals surface area contributed by atoms with Crippen molar-refractivity contribution in [2.75, 3.05) is 11.9 Å². The molecule has 0 saturated carbocycles. The van der Waals surface area contributed by atoms with Crippen LogP contribution in [0.1, 0.15) is 16.7 Å². The molecular formula is C15H18N2O. The monoisotopic (exact) mass is 242 g/mol. The molecule has 0 aliphatic carbocycles. The van der Waals surface area contributed by atoms with Gasteiger partial charge in [-0.15, -0.1) is 0 Å². The van der Waals surface area contributed by atoms with Crippen LogP contribution in [-0.4, -0.2) is 17.1 Å². The van der Waals surface area contributed by atoms with E-state index in [1.165, 1.54) is 11.1 Å². The molecule has 0 radical (unpaired) electrons. The van der Waals surface area contributed by atoms with Crippen molar-refractivity contribution in [2.45, 2.75) is 20.1 Å². The fourth-order valence-corrected chi connectivity index (χ4v) is 1.89. The first-order valence-electron chi connectivity index (χ1n) is 6.02. The number of hydrogen-bond acceptors (Lipinski definition) is 3. The molecule has 18 heavy (non-hydrogen) atoms. The van der Waals surface area contributed by atoms with E-state index in [-0.39, 0.29) is 6.61 Å². The highest BCUT2D eigenvalue weighted by atomic mass is 16.3. The highest BCUT2D eigenvalue weighted by Gasteiger charge is 2.05. The van der Waals surface area contributed by atoms with Crippen LogP contribution >= 0.6 is 0 Å². The topological polar surface area (TPSA) is 36.4 Å². The smallest absolute Gasteiger partial charge is 0.128 e. The van der Waals surface area contributed by atoms with Gasteiger partial charge in [-0.05, 0) is 35.7 Å². The van der Waals surface area contributed by atoms with E-state index >= 15 is 0 Å². The average molecular weight is 242 g/mol. The summed E-state index contributed by atoms with van der Waals surface area (Å²) in [6.45, 7) is 2.98. The molecule has 0 saturated heterocycles. The largest absolute Gasteiger partial charge is 0.392 e. The van der Waals surface area contributed by atoms with Crippen molar-refractivity contribution < 1.29 is 5.11 Å². The van der Waals surface area contributed by atoms with Gasteiger partial charge in [-0.2, -0.15) is 0 Å². The molecular weight excluding hydrogens is 224 g/mol. The number of rotatable bonds is 4. The second kappa shape index (κ2) is 5.65. The molecule has 3 heteroatoms. The number of aryl methyl sites for hydroxylation is 1. The first-order valence-corrected chi connectivity index (χ1v) is 6.02. The first kappa shape index (κ1) is 12.6. The second-order valence-electron chi connectivity index (χ2n) is 4.46. The molecule has 0 aliphatic heterocycles. The van der Waals surface area contributed by atoms with Gasteiger partial charge in [-0.3, -0.25) is 0 Å². The molecule has 2 rings (SSSR count). The van der Waals surface area contributed by atoms with Gasteiger partial charge in [0.25, 0.3) is 0 Å². The molecule has 1 heterocycles. The lowest BCUT2D eigenvalue weighted by atomic mass is 10.1. The van der Waals surface area contributed by atoms with Gasteiger partial charge < -0.3 is 10.0 Å². The number of pyridine rings is 1. The molecule has 2 aromatic rings. The van der Waals surface area contributed by atoms with Crippen LogP contribution in [0.3, 0.4) is 0 Å². The quantitative estimate of drug-likeness (QED) is 0.895. The first-order chi connectivity index (χ1) is 8.70. The molecule has 1 aromatic carbocycles. The lowest BCUT2D eigenvalue weighted by Gasteiger charge is -2.19. The van der Waals surface area contributed by atoms with Crippen molar-refractivity contribution in [1.29, 1.82) is 0 Å². The van der Waals surface area contributed by atoms with Gasteiger partial charge in [0.05, 0.1) is 6.61 Å². The van der Waals surface area contributed by atoms with Crippen molar-refractivity contribution in [3.63, 3.8) is 0 Å². The van der Waals surface area contributed by atoms with Crippen LogP contribution in [0, 0.1) is 6.92 Å². The molecule has 0 amide bonds. The number of hydrogen-bond donors (Lipinski definition) is 1. The minimum absolute atomic E-state index is 0.0493. The van der Waals surface area contributed by atoms with Crippen LogP contribution in [0.4, 0.5) is 5.82 Å². The van der Waals surface area contributed by atoms with E-state index in [0.29, 0.717) is 0 Å². The molecule has 0 unspecified atom stereocenters. The standard InChI is InChI=1S/C15H18N2O/c1-12-5-3-4-6-14(12)10-17(2)15-9-13(11-18)7-8-16-15/h3-9,18H,10-11H2,1-2H3. The van der Waals surface area contributed by atoms with Gasteiger partial charge in [0.15, 0.2) is 0 Å². The Morgan fingerprint density at radius 2 is 2.00 bits per heavy atom. The van der Waals surface area contributed by atoms with E-state index in [1.54, 1.807) is 6.20 Å².